The van der Waals surface area contributed by atoms with Crippen molar-refractivity contribution < 1.29 is 9.66 Å². The second-order valence-electron chi connectivity index (χ2n) is 5.36. The Labute approximate surface area is 118 Å². The molecule has 0 saturated carbocycles. The lowest BCUT2D eigenvalue weighted by Gasteiger charge is -2.25. The van der Waals surface area contributed by atoms with Crippen LogP contribution >= 0.6 is 0 Å². The summed E-state index contributed by atoms with van der Waals surface area (Å²) in [6, 6.07) is 6.35. The molecule has 0 aliphatic rings. The average molecular weight is 277 g/mol. The summed E-state index contributed by atoms with van der Waals surface area (Å²) >= 11 is 0. The van der Waals surface area contributed by atoms with E-state index in [4.69, 9.17) is 10.00 Å². The van der Waals surface area contributed by atoms with Crippen LogP contribution in [0.3, 0.4) is 0 Å². The molecule has 0 saturated heterocycles. The predicted molar refractivity (Wildman–Crippen MR) is 76.6 cm³/mol. The van der Waals surface area contributed by atoms with Crippen LogP contribution in [0, 0.1) is 26.9 Å². The lowest BCUT2D eigenvalue weighted by Crippen LogP contribution is -2.24. The van der Waals surface area contributed by atoms with Crippen LogP contribution in [0.1, 0.15) is 25.8 Å². The van der Waals surface area contributed by atoms with E-state index in [0.29, 0.717) is 18.8 Å². The lowest BCUT2D eigenvalue weighted by molar-refractivity contribution is -0.385. The summed E-state index contributed by atoms with van der Waals surface area (Å²) in [5, 5.41) is 22.9. The van der Waals surface area contributed by atoms with Crippen LogP contribution in [-0.2, 0) is 4.74 Å². The van der Waals surface area contributed by atoms with Crippen molar-refractivity contribution in [2.45, 2.75) is 20.3 Å². The van der Waals surface area contributed by atoms with Crippen molar-refractivity contribution in [1.29, 1.82) is 5.26 Å². The quantitative estimate of drug-likeness (QED) is 0.611. The highest BCUT2D eigenvalue weighted by Crippen LogP contribution is 2.25. The van der Waals surface area contributed by atoms with Gasteiger partial charge in [-0.2, -0.15) is 5.26 Å². The van der Waals surface area contributed by atoms with Gasteiger partial charge in [0.1, 0.15) is 11.6 Å². The topological polar surface area (TPSA) is 88.2 Å². The predicted octanol–water partition coefficient (Wildman–Crippen LogP) is 2.94. The second kappa shape index (κ2) is 6.87. The minimum atomic E-state index is -0.542. The van der Waals surface area contributed by atoms with Gasteiger partial charge in [0.15, 0.2) is 0 Å². The van der Waals surface area contributed by atoms with Crippen molar-refractivity contribution in [2.24, 2.45) is 5.41 Å². The second-order valence-corrected chi connectivity index (χ2v) is 5.36. The van der Waals surface area contributed by atoms with Crippen molar-refractivity contribution in [1.82, 2.24) is 0 Å². The lowest BCUT2D eigenvalue weighted by atomic mass is 9.89. The van der Waals surface area contributed by atoms with Gasteiger partial charge in [0.25, 0.3) is 5.69 Å². The molecule has 0 atom stereocenters. The number of hydrogen-bond donors (Lipinski definition) is 1. The van der Waals surface area contributed by atoms with Gasteiger partial charge >= 0.3 is 0 Å². The summed E-state index contributed by atoms with van der Waals surface area (Å²) in [7, 11) is 1.66. The van der Waals surface area contributed by atoms with Gasteiger partial charge in [-0.15, -0.1) is 0 Å². The third kappa shape index (κ3) is 4.52. The Balaban J connectivity index is 2.77. The first-order chi connectivity index (χ1) is 9.39. The Morgan fingerprint density at radius 3 is 2.75 bits per heavy atom. The first-order valence-electron chi connectivity index (χ1n) is 6.31. The molecule has 1 aromatic carbocycles. The highest BCUT2D eigenvalue weighted by Gasteiger charge is 2.19. The Hall–Kier alpha value is -2.13. The molecule has 0 aliphatic heterocycles. The maximum absolute atomic E-state index is 10.9. The molecule has 6 nitrogen and oxygen atoms in total. The number of nitrogens with zero attached hydrogens (tertiary/aromatic N) is 2. The molecule has 0 radical (unpaired) electrons. The van der Waals surface area contributed by atoms with Gasteiger partial charge in [-0.05, 0) is 24.0 Å². The fourth-order valence-electron chi connectivity index (χ4n) is 1.70. The maximum Gasteiger partial charge on any atom is 0.289 e. The van der Waals surface area contributed by atoms with E-state index in [1.54, 1.807) is 13.2 Å². The zero-order valence-electron chi connectivity index (χ0n) is 12.0. The van der Waals surface area contributed by atoms with Crippen LogP contribution in [-0.4, -0.2) is 25.2 Å². The van der Waals surface area contributed by atoms with Crippen LogP contribution in [0.2, 0.25) is 0 Å². The first-order valence-corrected chi connectivity index (χ1v) is 6.31. The standard InChI is InChI=1S/C14H19N3O3/c1-14(2,6-7-20-3)10-16-12-5-4-11(9-15)13(8-12)17(18)19/h4-5,8,16H,6-7,10H2,1-3H3. The van der Waals surface area contributed by atoms with E-state index in [1.807, 2.05) is 6.07 Å². The van der Waals surface area contributed by atoms with E-state index in [9.17, 15) is 10.1 Å². The molecule has 1 rings (SSSR count). The third-order valence-corrected chi connectivity index (χ3v) is 3.07. The molecule has 0 unspecified atom stereocenters. The monoisotopic (exact) mass is 277 g/mol. The smallest absolute Gasteiger partial charge is 0.289 e. The van der Waals surface area contributed by atoms with Crippen molar-refractivity contribution in [2.75, 3.05) is 25.6 Å². The van der Waals surface area contributed by atoms with E-state index in [2.05, 4.69) is 19.2 Å². The molecular weight excluding hydrogens is 258 g/mol. The summed E-state index contributed by atoms with van der Waals surface area (Å²) in [6.07, 6.45) is 0.884. The van der Waals surface area contributed by atoms with Gasteiger partial charge in [-0.25, -0.2) is 0 Å². The van der Waals surface area contributed by atoms with Crippen LogP contribution in [0.25, 0.3) is 0 Å². The van der Waals surface area contributed by atoms with Crippen LogP contribution in [0.4, 0.5) is 11.4 Å². The maximum atomic E-state index is 10.9. The zero-order valence-corrected chi connectivity index (χ0v) is 12.0. The number of ether oxygens (including phenoxy) is 1. The molecule has 0 fully saturated rings. The SMILES string of the molecule is COCCC(C)(C)CNc1ccc(C#N)c([N+](=O)[O-])c1. The Morgan fingerprint density at radius 2 is 2.20 bits per heavy atom. The molecule has 20 heavy (non-hydrogen) atoms. The molecule has 0 spiro atoms. The van der Waals surface area contributed by atoms with Gasteiger partial charge in [0, 0.05) is 32.0 Å². The van der Waals surface area contributed by atoms with Gasteiger partial charge in [-0.1, -0.05) is 13.8 Å². The van der Waals surface area contributed by atoms with Crippen molar-refractivity contribution in [3.05, 3.63) is 33.9 Å². The number of benzene rings is 1. The van der Waals surface area contributed by atoms with Crippen LogP contribution in [0.5, 0.6) is 0 Å². The van der Waals surface area contributed by atoms with Crippen LogP contribution < -0.4 is 5.32 Å². The number of anilines is 1. The molecule has 0 aromatic heterocycles. The molecule has 0 bridgehead atoms. The Kier molecular flexibility index (Phi) is 5.47. The van der Waals surface area contributed by atoms with E-state index < -0.39 is 4.92 Å². The van der Waals surface area contributed by atoms with E-state index in [-0.39, 0.29) is 16.7 Å². The number of nitro groups is 1. The number of nitrogens with one attached hydrogen (secondary N) is 1. The molecular formula is C14H19N3O3. The fourth-order valence-corrected chi connectivity index (χ4v) is 1.70. The Morgan fingerprint density at radius 1 is 1.50 bits per heavy atom. The summed E-state index contributed by atoms with van der Waals surface area (Å²) in [5.41, 5.74) is 0.547. The average Bonchev–Trinajstić information content (AvgIpc) is 2.42. The van der Waals surface area contributed by atoms with Crippen molar-refractivity contribution >= 4 is 11.4 Å². The number of nitro benzene ring substituents is 1. The van der Waals surface area contributed by atoms with Gasteiger partial charge < -0.3 is 10.1 Å². The third-order valence-electron chi connectivity index (χ3n) is 3.07. The fraction of sp³-hybridized carbons (Fsp3) is 0.500. The molecule has 1 aromatic rings. The molecule has 108 valence electrons. The molecule has 6 heteroatoms. The normalized spacial score (nSPS) is 10.9. The zero-order chi connectivity index (χ0) is 15.2. The molecule has 0 amide bonds. The number of methoxy groups -OCH3 is 1. The molecule has 0 aliphatic carbocycles. The highest BCUT2D eigenvalue weighted by molar-refractivity contribution is 5.59. The summed E-state index contributed by atoms with van der Waals surface area (Å²) in [6.45, 7) is 5.52. The number of nitriles is 1. The summed E-state index contributed by atoms with van der Waals surface area (Å²) in [4.78, 5) is 10.3. The molecule has 0 heterocycles. The van der Waals surface area contributed by atoms with E-state index in [0.717, 1.165) is 6.42 Å². The summed E-state index contributed by atoms with van der Waals surface area (Å²) < 4.78 is 5.06. The van der Waals surface area contributed by atoms with Crippen LogP contribution in [0.15, 0.2) is 18.2 Å². The van der Waals surface area contributed by atoms with E-state index >= 15 is 0 Å². The van der Waals surface area contributed by atoms with E-state index in [1.165, 1.54) is 12.1 Å². The minimum Gasteiger partial charge on any atom is -0.385 e. The molecule has 1 N–H and O–H groups in total. The van der Waals surface area contributed by atoms with Gasteiger partial charge in [0.2, 0.25) is 0 Å². The van der Waals surface area contributed by atoms with Crippen molar-refractivity contribution in [3.8, 4) is 6.07 Å². The first kappa shape index (κ1) is 15.9. The number of hydrogen-bond acceptors (Lipinski definition) is 5. The van der Waals surface area contributed by atoms with Gasteiger partial charge in [-0.3, -0.25) is 10.1 Å². The largest absolute Gasteiger partial charge is 0.385 e. The summed E-state index contributed by atoms with van der Waals surface area (Å²) in [5.74, 6) is 0. The van der Waals surface area contributed by atoms with Gasteiger partial charge in [0.05, 0.1) is 4.92 Å². The minimum absolute atomic E-state index is 0.0126. The Bertz CT molecular complexity index is 521. The number of rotatable bonds is 7. The van der Waals surface area contributed by atoms with Crippen molar-refractivity contribution in [3.63, 3.8) is 0 Å². The highest BCUT2D eigenvalue weighted by atomic mass is 16.6.